The maximum absolute atomic E-state index is 13.6. The first-order valence-corrected chi connectivity index (χ1v) is 14.9. The minimum Gasteiger partial charge on any atom is -0.497 e. The molecule has 5 rings (SSSR count). The SMILES string of the molecule is COc1cccc(/C=C(\NC(=O)c2ccccc2)C(=O)Nc2cccc(SC(C(=O)Nc3ccccn3)c3ccccc3)c2)c1. The van der Waals surface area contributed by atoms with E-state index >= 15 is 0 Å². The van der Waals surface area contributed by atoms with E-state index in [-0.39, 0.29) is 11.6 Å². The Morgan fingerprint density at radius 2 is 1.51 bits per heavy atom. The van der Waals surface area contributed by atoms with Gasteiger partial charge in [-0.2, -0.15) is 0 Å². The minimum absolute atomic E-state index is 0.0482. The van der Waals surface area contributed by atoms with Gasteiger partial charge in [-0.1, -0.05) is 72.8 Å². The lowest BCUT2D eigenvalue weighted by molar-refractivity contribution is -0.116. The van der Waals surface area contributed by atoms with E-state index in [4.69, 9.17) is 4.74 Å². The predicted molar refractivity (Wildman–Crippen MR) is 178 cm³/mol. The molecule has 0 saturated heterocycles. The average Bonchev–Trinajstić information content (AvgIpc) is 3.08. The van der Waals surface area contributed by atoms with Gasteiger partial charge >= 0.3 is 0 Å². The summed E-state index contributed by atoms with van der Waals surface area (Å²) < 4.78 is 5.32. The number of aromatic nitrogens is 1. The third-order valence-corrected chi connectivity index (χ3v) is 7.78. The Hall–Kier alpha value is -5.67. The molecule has 9 heteroatoms. The molecule has 1 aromatic heterocycles. The number of methoxy groups -OCH3 is 1. The van der Waals surface area contributed by atoms with Gasteiger partial charge in [-0.25, -0.2) is 4.98 Å². The lowest BCUT2D eigenvalue weighted by atomic mass is 10.1. The fraction of sp³-hybridized carbons (Fsp3) is 0.0556. The molecule has 5 aromatic rings. The van der Waals surface area contributed by atoms with E-state index in [1.807, 2.05) is 48.5 Å². The van der Waals surface area contributed by atoms with Crippen LogP contribution in [0, 0.1) is 0 Å². The van der Waals surface area contributed by atoms with Crippen molar-refractivity contribution >= 4 is 47.1 Å². The Morgan fingerprint density at radius 1 is 0.778 bits per heavy atom. The standard InChI is InChI=1S/C36H30N4O4S/c1-44-29-18-10-12-25(22-29)23-31(39-34(41)27-15-6-3-7-16-27)35(42)38-28-17-11-19-30(24-28)45-33(26-13-4-2-5-14-26)36(43)40-32-20-8-9-21-37-32/h2-24,33H,1H3,(H,38,42)(H,39,41)(H,37,40,43)/b31-23-. The first kappa shape index (κ1) is 30.8. The first-order chi connectivity index (χ1) is 22.0. The van der Waals surface area contributed by atoms with Crippen LogP contribution in [0.1, 0.15) is 26.7 Å². The zero-order valence-corrected chi connectivity index (χ0v) is 25.2. The van der Waals surface area contributed by atoms with Crippen LogP contribution in [0.3, 0.4) is 0 Å². The highest BCUT2D eigenvalue weighted by Crippen LogP contribution is 2.37. The first-order valence-electron chi connectivity index (χ1n) is 14.1. The van der Waals surface area contributed by atoms with Crippen LogP contribution < -0.4 is 20.7 Å². The maximum atomic E-state index is 13.6. The highest BCUT2D eigenvalue weighted by atomic mass is 32.2. The second-order valence-electron chi connectivity index (χ2n) is 9.75. The number of pyridine rings is 1. The summed E-state index contributed by atoms with van der Waals surface area (Å²) in [6.07, 6.45) is 3.20. The number of hydrogen-bond acceptors (Lipinski definition) is 6. The number of rotatable bonds is 11. The Bertz CT molecular complexity index is 1800. The Balaban J connectivity index is 1.38. The molecule has 8 nitrogen and oxygen atoms in total. The Morgan fingerprint density at radius 3 is 2.24 bits per heavy atom. The van der Waals surface area contributed by atoms with Crippen molar-refractivity contribution in [2.75, 3.05) is 17.7 Å². The minimum atomic E-state index is -0.590. The summed E-state index contributed by atoms with van der Waals surface area (Å²) in [6, 6.07) is 37.8. The monoisotopic (exact) mass is 614 g/mol. The van der Waals surface area contributed by atoms with Gasteiger partial charge in [-0.05, 0) is 71.8 Å². The van der Waals surface area contributed by atoms with Crippen LogP contribution in [-0.4, -0.2) is 29.8 Å². The number of ether oxygens (including phenoxy) is 1. The molecule has 1 heterocycles. The summed E-state index contributed by atoms with van der Waals surface area (Å²) in [4.78, 5) is 45.0. The molecule has 0 saturated carbocycles. The molecule has 4 aromatic carbocycles. The van der Waals surface area contributed by atoms with Crippen molar-refractivity contribution in [2.24, 2.45) is 0 Å². The summed E-state index contributed by atoms with van der Waals surface area (Å²) in [5.74, 6) is -0.0994. The van der Waals surface area contributed by atoms with Crippen LogP contribution in [0.2, 0.25) is 0 Å². The number of nitrogens with zero attached hydrogens (tertiary/aromatic N) is 1. The number of amides is 3. The molecular weight excluding hydrogens is 584 g/mol. The van der Waals surface area contributed by atoms with E-state index in [1.165, 1.54) is 11.8 Å². The lowest BCUT2D eigenvalue weighted by Gasteiger charge is -2.17. The molecule has 3 N–H and O–H groups in total. The van der Waals surface area contributed by atoms with E-state index < -0.39 is 17.1 Å². The molecule has 0 aliphatic heterocycles. The molecule has 0 aliphatic rings. The van der Waals surface area contributed by atoms with Gasteiger partial charge in [0.15, 0.2) is 0 Å². The summed E-state index contributed by atoms with van der Waals surface area (Å²) >= 11 is 1.34. The van der Waals surface area contributed by atoms with E-state index in [0.29, 0.717) is 28.4 Å². The second-order valence-corrected chi connectivity index (χ2v) is 10.9. The number of benzene rings is 4. The summed E-state index contributed by atoms with van der Waals surface area (Å²) in [5, 5.41) is 7.94. The van der Waals surface area contributed by atoms with Crippen LogP contribution in [0.25, 0.3) is 6.08 Å². The van der Waals surface area contributed by atoms with Gasteiger partial charge in [0.1, 0.15) is 22.5 Å². The van der Waals surface area contributed by atoms with Crippen molar-refractivity contribution < 1.29 is 19.1 Å². The van der Waals surface area contributed by atoms with Crippen LogP contribution in [0.5, 0.6) is 5.75 Å². The van der Waals surface area contributed by atoms with Crippen molar-refractivity contribution in [3.8, 4) is 5.75 Å². The van der Waals surface area contributed by atoms with Gasteiger partial charge in [0.2, 0.25) is 5.91 Å². The molecule has 0 radical (unpaired) electrons. The third-order valence-electron chi connectivity index (χ3n) is 6.54. The summed E-state index contributed by atoms with van der Waals surface area (Å²) in [5.41, 5.74) is 2.44. The fourth-order valence-electron chi connectivity index (χ4n) is 4.35. The van der Waals surface area contributed by atoms with Crippen molar-refractivity contribution in [2.45, 2.75) is 10.1 Å². The van der Waals surface area contributed by atoms with Crippen LogP contribution in [0.4, 0.5) is 11.5 Å². The molecule has 0 aliphatic carbocycles. The maximum Gasteiger partial charge on any atom is 0.272 e. The molecule has 0 bridgehead atoms. The van der Waals surface area contributed by atoms with Gasteiger partial charge < -0.3 is 20.7 Å². The molecular formula is C36H30N4O4S. The normalized spacial score (nSPS) is 11.6. The van der Waals surface area contributed by atoms with Crippen molar-refractivity contribution in [1.29, 1.82) is 0 Å². The third kappa shape index (κ3) is 8.68. The topological polar surface area (TPSA) is 109 Å². The summed E-state index contributed by atoms with van der Waals surface area (Å²) in [6.45, 7) is 0. The number of carbonyl (C=O) groups excluding carboxylic acids is 3. The average molecular weight is 615 g/mol. The quantitative estimate of drug-likeness (QED) is 0.110. The number of thioether (sulfide) groups is 1. The number of carbonyl (C=O) groups is 3. The number of hydrogen-bond donors (Lipinski definition) is 3. The fourth-order valence-corrected chi connectivity index (χ4v) is 5.43. The van der Waals surface area contributed by atoms with Crippen LogP contribution in [0.15, 0.2) is 144 Å². The van der Waals surface area contributed by atoms with E-state index in [1.54, 1.807) is 98.2 Å². The van der Waals surface area contributed by atoms with E-state index in [0.717, 1.165) is 10.5 Å². The Kier molecular flexibility index (Phi) is 10.4. The lowest BCUT2D eigenvalue weighted by Crippen LogP contribution is -2.30. The van der Waals surface area contributed by atoms with E-state index in [9.17, 15) is 14.4 Å². The predicted octanol–water partition coefficient (Wildman–Crippen LogP) is 6.97. The van der Waals surface area contributed by atoms with E-state index in [2.05, 4.69) is 20.9 Å². The largest absolute Gasteiger partial charge is 0.497 e. The van der Waals surface area contributed by atoms with Gasteiger partial charge in [-0.15, -0.1) is 11.8 Å². The number of nitrogens with one attached hydrogen (secondary N) is 3. The van der Waals surface area contributed by atoms with Crippen LogP contribution in [-0.2, 0) is 9.59 Å². The number of anilines is 2. The molecule has 0 spiro atoms. The molecule has 0 fully saturated rings. The molecule has 3 amide bonds. The highest BCUT2D eigenvalue weighted by molar-refractivity contribution is 8.00. The zero-order chi connectivity index (χ0) is 31.4. The van der Waals surface area contributed by atoms with Crippen molar-refractivity contribution in [3.05, 3.63) is 156 Å². The van der Waals surface area contributed by atoms with Gasteiger partial charge in [-0.3, -0.25) is 14.4 Å². The molecule has 45 heavy (non-hydrogen) atoms. The van der Waals surface area contributed by atoms with Gasteiger partial charge in [0.25, 0.3) is 11.8 Å². The smallest absolute Gasteiger partial charge is 0.272 e. The summed E-state index contributed by atoms with van der Waals surface area (Å²) in [7, 11) is 1.56. The molecule has 224 valence electrons. The van der Waals surface area contributed by atoms with Gasteiger partial charge in [0, 0.05) is 22.3 Å². The highest BCUT2D eigenvalue weighted by Gasteiger charge is 2.23. The van der Waals surface area contributed by atoms with Gasteiger partial charge in [0.05, 0.1) is 7.11 Å². The zero-order valence-electron chi connectivity index (χ0n) is 24.3. The van der Waals surface area contributed by atoms with Crippen molar-refractivity contribution in [3.63, 3.8) is 0 Å². The Labute approximate surface area is 265 Å². The van der Waals surface area contributed by atoms with Crippen molar-refractivity contribution in [1.82, 2.24) is 10.3 Å². The second kappa shape index (κ2) is 15.2. The van der Waals surface area contributed by atoms with Crippen LogP contribution >= 0.6 is 11.8 Å². The molecule has 1 atom stereocenters. The molecule has 1 unspecified atom stereocenters.